The van der Waals surface area contributed by atoms with E-state index in [1.807, 2.05) is 7.05 Å². The van der Waals surface area contributed by atoms with Gasteiger partial charge in [-0.2, -0.15) is 0 Å². The first-order valence-corrected chi connectivity index (χ1v) is 23.3. The van der Waals surface area contributed by atoms with E-state index in [1.165, 1.54) is 77.0 Å². The summed E-state index contributed by atoms with van der Waals surface area (Å²) in [5.41, 5.74) is 0. The van der Waals surface area contributed by atoms with Crippen LogP contribution in [0.1, 0.15) is 206 Å². The second-order valence-electron chi connectivity index (χ2n) is 16.4. The summed E-state index contributed by atoms with van der Waals surface area (Å²) in [6.45, 7) is 5.36. The van der Waals surface area contributed by atoms with Crippen LogP contribution in [0.4, 0.5) is 0 Å². The number of carbonyl (C=O) groups excluding carboxylic acids is 3. The van der Waals surface area contributed by atoms with Gasteiger partial charge in [0.2, 0.25) is 0 Å². The Morgan fingerprint density at radius 1 is 0.500 bits per heavy atom. The van der Waals surface area contributed by atoms with Crippen molar-refractivity contribution in [3.8, 4) is 0 Å². The summed E-state index contributed by atoms with van der Waals surface area (Å²) in [4.78, 5) is 41.0. The number of nitrogens with zero attached hydrogens (tertiary/aromatic N) is 1. The van der Waals surface area contributed by atoms with Gasteiger partial charge < -0.3 is 14.2 Å². The monoisotopic (exact) mass is 782 g/mol. The van der Waals surface area contributed by atoms with Crippen molar-refractivity contribution in [3.05, 3.63) is 48.6 Å². The standard InChI is InChI=1S/C49H83NO6/c1-4-6-8-10-12-14-16-18-20-22-24-26-28-30-32-37-47(51)54-43-40-44(42-45(41-43)56-49(53)46-36-34-35-39-50(46)3)55-48(52)38-33-31-29-27-25-23-21-19-17-15-13-11-9-7-5-2/h12-15,18-21,43-46H,4-11,16-17,22-42H2,1-3H3/b14-12-,15-13-,20-18-,21-19-. The lowest BCUT2D eigenvalue weighted by Crippen LogP contribution is -2.46. The first-order chi connectivity index (χ1) is 27.4. The highest BCUT2D eigenvalue weighted by Crippen LogP contribution is 2.29. The molecular formula is C49H83NO6. The molecule has 2 rings (SSSR count). The van der Waals surface area contributed by atoms with Crippen molar-refractivity contribution in [3.63, 3.8) is 0 Å². The van der Waals surface area contributed by atoms with Crippen LogP contribution in [-0.2, 0) is 28.6 Å². The maximum Gasteiger partial charge on any atom is 0.323 e. The van der Waals surface area contributed by atoms with Gasteiger partial charge >= 0.3 is 17.9 Å². The van der Waals surface area contributed by atoms with Gasteiger partial charge in [0.15, 0.2) is 0 Å². The minimum absolute atomic E-state index is 0.213. The molecule has 1 saturated heterocycles. The molecule has 320 valence electrons. The summed E-state index contributed by atoms with van der Waals surface area (Å²) in [6.07, 6.45) is 46.9. The normalized spacial score (nSPS) is 20.8. The topological polar surface area (TPSA) is 82.1 Å². The molecule has 0 N–H and O–H groups in total. The number of hydrogen-bond donors (Lipinski definition) is 0. The first-order valence-electron chi connectivity index (χ1n) is 23.3. The Bertz CT molecular complexity index is 1060. The van der Waals surface area contributed by atoms with Gasteiger partial charge in [-0.15, -0.1) is 0 Å². The number of esters is 3. The molecule has 0 radical (unpaired) electrons. The molecule has 0 aromatic carbocycles. The zero-order chi connectivity index (χ0) is 40.3. The maximum absolute atomic E-state index is 13.2. The number of hydrogen-bond acceptors (Lipinski definition) is 7. The Hall–Kier alpha value is -2.67. The number of allylic oxidation sites excluding steroid dienone is 8. The van der Waals surface area contributed by atoms with Crippen LogP contribution in [0, 0.1) is 0 Å². The molecule has 2 aliphatic rings. The summed E-state index contributed by atoms with van der Waals surface area (Å²) in [5, 5.41) is 0. The quantitative estimate of drug-likeness (QED) is 0.0291. The molecule has 1 saturated carbocycles. The molecule has 2 fully saturated rings. The van der Waals surface area contributed by atoms with Crippen molar-refractivity contribution in [2.45, 2.75) is 231 Å². The lowest BCUT2D eigenvalue weighted by atomic mass is 9.91. The predicted octanol–water partition coefficient (Wildman–Crippen LogP) is 13.0. The molecule has 3 atom stereocenters. The number of unbranched alkanes of at least 4 members (excludes halogenated alkanes) is 16. The van der Waals surface area contributed by atoms with Crippen molar-refractivity contribution >= 4 is 17.9 Å². The molecule has 1 heterocycles. The van der Waals surface area contributed by atoms with Gasteiger partial charge in [0.05, 0.1) is 0 Å². The van der Waals surface area contributed by atoms with Crippen LogP contribution in [0.5, 0.6) is 0 Å². The zero-order valence-corrected chi connectivity index (χ0v) is 36.2. The van der Waals surface area contributed by atoms with Crippen molar-refractivity contribution in [1.82, 2.24) is 4.90 Å². The third-order valence-corrected chi connectivity index (χ3v) is 11.2. The Balaban J connectivity index is 1.67. The van der Waals surface area contributed by atoms with Gasteiger partial charge in [-0.1, -0.05) is 133 Å². The summed E-state index contributed by atoms with van der Waals surface area (Å²) < 4.78 is 17.9. The van der Waals surface area contributed by atoms with Gasteiger partial charge in [0.25, 0.3) is 0 Å². The summed E-state index contributed by atoms with van der Waals surface area (Å²) in [5.74, 6) is -0.644. The van der Waals surface area contributed by atoms with E-state index in [2.05, 4.69) is 67.4 Å². The molecular weight excluding hydrogens is 699 g/mol. The number of carbonyl (C=O) groups is 3. The number of rotatable bonds is 32. The van der Waals surface area contributed by atoms with Crippen LogP contribution < -0.4 is 0 Å². The van der Waals surface area contributed by atoms with Gasteiger partial charge in [-0.05, 0) is 103 Å². The largest absolute Gasteiger partial charge is 0.462 e. The number of ether oxygens (including phenoxy) is 3. The van der Waals surface area contributed by atoms with Crippen molar-refractivity contribution in [1.29, 1.82) is 0 Å². The first kappa shape index (κ1) is 49.5. The van der Waals surface area contributed by atoms with Crippen molar-refractivity contribution in [2.75, 3.05) is 13.6 Å². The van der Waals surface area contributed by atoms with Crippen LogP contribution in [-0.4, -0.2) is 60.8 Å². The molecule has 0 aromatic heterocycles. The Morgan fingerprint density at radius 3 is 1.32 bits per heavy atom. The van der Waals surface area contributed by atoms with Gasteiger partial charge in [-0.25, -0.2) is 0 Å². The van der Waals surface area contributed by atoms with E-state index in [1.54, 1.807) is 0 Å². The minimum atomic E-state index is -0.436. The van der Waals surface area contributed by atoms with Gasteiger partial charge in [-0.3, -0.25) is 19.3 Å². The van der Waals surface area contributed by atoms with E-state index in [9.17, 15) is 14.4 Å². The fraction of sp³-hybridized carbons (Fsp3) is 0.776. The zero-order valence-electron chi connectivity index (χ0n) is 36.2. The van der Waals surface area contributed by atoms with Gasteiger partial charge in [0.1, 0.15) is 24.4 Å². The Morgan fingerprint density at radius 2 is 0.893 bits per heavy atom. The van der Waals surface area contributed by atoms with E-state index in [4.69, 9.17) is 14.2 Å². The average molecular weight is 782 g/mol. The summed E-state index contributed by atoms with van der Waals surface area (Å²) in [6, 6.07) is -0.246. The molecule has 7 nitrogen and oxygen atoms in total. The van der Waals surface area contributed by atoms with Crippen LogP contribution in [0.15, 0.2) is 48.6 Å². The number of likely N-dealkylation sites (N-methyl/N-ethyl adjacent to an activating group) is 1. The molecule has 56 heavy (non-hydrogen) atoms. The van der Waals surface area contributed by atoms with E-state index in [0.29, 0.717) is 32.1 Å². The fourth-order valence-electron chi connectivity index (χ4n) is 7.72. The summed E-state index contributed by atoms with van der Waals surface area (Å²) >= 11 is 0. The predicted molar refractivity (Wildman–Crippen MR) is 232 cm³/mol. The van der Waals surface area contributed by atoms with Crippen LogP contribution >= 0.6 is 0 Å². The molecule has 0 amide bonds. The second-order valence-corrected chi connectivity index (χ2v) is 16.4. The summed E-state index contributed by atoms with van der Waals surface area (Å²) in [7, 11) is 1.97. The average Bonchev–Trinajstić information content (AvgIpc) is 3.18. The number of likely N-dealkylation sites (tertiary alicyclic amines) is 1. The highest BCUT2D eigenvalue weighted by Gasteiger charge is 2.37. The third-order valence-electron chi connectivity index (χ3n) is 11.2. The highest BCUT2D eigenvalue weighted by molar-refractivity contribution is 5.76. The molecule has 3 unspecified atom stereocenters. The third kappa shape index (κ3) is 26.3. The second kappa shape index (κ2) is 34.4. The Labute approximate surface area is 343 Å². The molecule has 0 bridgehead atoms. The van der Waals surface area contributed by atoms with Gasteiger partial charge in [0, 0.05) is 32.1 Å². The van der Waals surface area contributed by atoms with E-state index in [0.717, 1.165) is 90.0 Å². The molecule has 0 spiro atoms. The lowest BCUT2D eigenvalue weighted by Gasteiger charge is -2.36. The minimum Gasteiger partial charge on any atom is -0.462 e. The SMILES string of the molecule is CCCCC/C=C\C/C=C\CCCCCCCC(=O)OC1CC(OC(=O)CCCCCCC/C=C\C/C=C\CCCCC)CC(OC(=O)C2CCCCN2C)C1. The van der Waals surface area contributed by atoms with E-state index >= 15 is 0 Å². The molecule has 1 aliphatic carbocycles. The van der Waals surface area contributed by atoms with Crippen LogP contribution in [0.2, 0.25) is 0 Å². The highest BCUT2D eigenvalue weighted by atomic mass is 16.6. The maximum atomic E-state index is 13.2. The molecule has 1 aliphatic heterocycles. The molecule has 0 aromatic rings. The smallest absolute Gasteiger partial charge is 0.323 e. The number of piperidine rings is 1. The molecule has 7 heteroatoms. The Kier molecular flexibility index (Phi) is 30.4. The van der Waals surface area contributed by atoms with Crippen LogP contribution in [0.25, 0.3) is 0 Å². The van der Waals surface area contributed by atoms with Crippen molar-refractivity contribution in [2.24, 2.45) is 0 Å². The van der Waals surface area contributed by atoms with E-state index in [-0.39, 0.29) is 23.9 Å². The fourth-order valence-corrected chi connectivity index (χ4v) is 7.72. The van der Waals surface area contributed by atoms with Crippen LogP contribution in [0.3, 0.4) is 0 Å². The van der Waals surface area contributed by atoms with E-state index < -0.39 is 18.3 Å². The van der Waals surface area contributed by atoms with Crippen molar-refractivity contribution < 1.29 is 28.6 Å². The lowest BCUT2D eigenvalue weighted by molar-refractivity contribution is -0.172.